The van der Waals surface area contributed by atoms with E-state index in [4.69, 9.17) is 23.2 Å². The first kappa shape index (κ1) is 28.8. The molecule has 4 atom stereocenters. The summed E-state index contributed by atoms with van der Waals surface area (Å²) in [5.74, 6) is -4.93. The number of carbonyl (C=O) groups excluding carboxylic acids is 3. The maximum Gasteiger partial charge on any atom is 0.235 e. The van der Waals surface area contributed by atoms with Crippen molar-refractivity contribution in [1.29, 1.82) is 0 Å². The summed E-state index contributed by atoms with van der Waals surface area (Å²) < 4.78 is 0. The first-order valence-corrected chi connectivity index (χ1v) is 13.5. The van der Waals surface area contributed by atoms with Crippen LogP contribution in [0.3, 0.4) is 0 Å². The fourth-order valence-electron chi connectivity index (χ4n) is 5.37. The van der Waals surface area contributed by atoms with Gasteiger partial charge in [0.05, 0.1) is 21.6 Å². The van der Waals surface area contributed by atoms with Gasteiger partial charge in [0, 0.05) is 23.7 Å². The number of aliphatic hydroxyl groups is 1. The molecule has 0 aromatic heterocycles. The molecular weight excluding hydrogens is 535 g/mol. The summed E-state index contributed by atoms with van der Waals surface area (Å²) in [6, 6.07) is 16.1. The predicted molar refractivity (Wildman–Crippen MR) is 156 cm³/mol. The van der Waals surface area contributed by atoms with Gasteiger partial charge in [-0.2, -0.15) is 0 Å². The molecular formula is C31H32Cl2N2O4. The number of anilines is 2. The smallest absolute Gasteiger partial charge is 0.235 e. The van der Waals surface area contributed by atoms with E-state index in [1.165, 1.54) is 6.92 Å². The summed E-state index contributed by atoms with van der Waals surface area (Å²) in [7, 11) is 0. The van der Waals surface area contributed by atoms with E-state index >= 15 is 0 Å². The molecule has 1 aliphatic rings. The van der Waals surface area contributed by atoms with Crippen molar-refractivity contribution < 1.29 is 19.5 Å². The van der Waals surface area contributed by atoms with Crippen LogP contribution in [0.25, 0.3) is 0 Å². The Balaban J connectivity index is 1.82. The molecule has 2 amide bonds. The normalized spacial score (nSPS) is 22.9. The Bertz CT molecular complexity index is 1470. The number of hydrogen-bond acceptors (Lipinski definition) is 4. The van der Waals surface area contributed by atoms with Gasteiger partial charge >= 0.3 is 0 Å². The Hall–Kier alpha value is -3.19. The monoisotopic (exact) mass is 566 g/mol. The fraction of sp³-hybridized carbons (Fsp3) is 0.323. The summed E-state index contributed by atoms with van der Waals surface area (Å²) in [6.07, 6.45) is -0.361. The maximum absolute atomic E-state index is 13.9. The van der Waals surface area contributed by atoms with Crippen LogP contribution in [-0.4, -0.2) is 28.3 Å². The highest BCUT2D eigenvalue weighted by atomic mass is 35.5. The highest BCUT2D eigenvalue weighted by Crippen LogP contribution is 2.47. The Kier molecular flexibility index (Phi) is 8.22. The number of nitrogens with one attached hydrogen (secondary N) is 2. The zero-order chi connectivity index (χ0) is 28.6. The SMILES string of the molecule is Cc1ccc(C)c(NC(=O)C2C(=O)CC(C)(O)C(C(=O)Nc3cc(C)ccc3C)C2c2ccc(Cl)c(Cl)c2)c1. The summed E-state index contributed by atoms with van der Waals surface area (Å²) in [6.45, 7) is 9.01. The highest BCUT2D eigenvalue weighted by Gasteiger charge is 2.56. The largest absolute Gasteiger partial charge is 0.389 e. The van der Waals surface area contributed by atoms with E-state index in [1.807, 2.05) is 64.1 Å². The predicted octanol–water partition coefficient (Wildman–Crippen LogP) is 6.54. The molecule has 0 saturated heterocycles. The number of amides is 2. The quantitative estimate of drug-likeness (QED) is 0.305. The molecule has 0 aliphatic heterocycles. The molecule has 3 aromatic rings. The highest BCUT2D eigenvalue weighted by molar-refractivity contribution is 6.42. The van der Waals surface area contributed by atoms with E-state index in [2.05, 4.69) is 10.6 Å². The third kappa shape index (κ3) is 6.03. The second kappa shape index (κ2) is 11.1. The van der Waals surface area contributed by atoms with Crippen molar-refractivity contribution in [3.05, 3.63) is 92.5 Å². The van der Waals surface area contributed by atoms with Gasteiger partial charge in [-0.1, -0.05) is 53.5 Å². The van der Waals surface area contributed by atoms with Crippen molar-refractivity contribution in [2.24, 2.45) is 11.8 Å². The second-order valence-electron chi connectivity index (χ2n) is 10.8. The number of carbonyl (C=O) groups is 3. The number of aryl methyl sites for hydroxylation is 4. The van der Waals surface area contributed by atoms with Gasteiger partial charge in [0.15, 0.2) is 0 Å². The standard InChI is InChI=1S/C31H32Cl2N2O4/c1-16-6-8-18(3)23(12-16)34-29(37)27-25(36)15-31(5,39)28(26(27)20-10-11-21(32)22(33)14-20)30(38)35-24-13-17(2)7-9-19(24)4/h6-14,26-28,39H,15H2,1-5H3,(H,34,37)(H,35,38). The first-order valence-electron chi connectivity index (χ1n) is 12.7. The van der Waals surface area contributed by atoms with E-state index in [-0.39, 0.29) is 11.4 Å². The van der Waals surface area contributed by atoms with E-state index < -0.39 is 41.0 Å². The van der Waals surface area contributed by atoms with Gasteiger partial charge in [-0.05, 0) is 86.7 Å². The van der Waals surface area contributed by atoms with Gasteiger partial charge < -0.3 is 15.7 Å². The van der Waals surface area contributed by atoms with Crippen molar-refractivity contribution in [2.45, 2.75) is 52.6 Å². The van der Waals surface area contributed by atoms with E-state index in [1.54, 1.807) is 18.2 Å². The number of Topliss-reactive ketones (excluding diaryl/α,β-unsaturated/α-hetero) is 1. The van der Waals surface area contributed by atoms with Crippen molar-refractivity contribution in [3.63, 3.8) is 0 Å². The van der Waals surface area contributed by atoms with E-state index in [0.717, 1.165) is 22.3 Å². The average molecular weight is 568 g/mol. The molecule has 0 radical (unpaired) electrons. The van der Waals surface area contributed by atoms with Crippen LogP contribution in [0.1, 0.15) is 47.1 Å². The Labute approximate surface area is 238 Å². The first-order chi connectivity index (χ1) is 18.3. The van der Waals surface area contributed by atoms with Gasteiger partial charge in [0.1, 0.15) is 11.7 Å². The van der Waals surface area contributed by atoms with Crippen LogP contribution in [-0.2, 0) is 14.4 Å². The zero-order valence-corrected chi connectivity index (χ0v) is 24.1. The molecule has 3 aromatic carbocycles. The second-order valence-corrected chi connectivity index (χ2v) is 11.6. The molecule has 0 spiro atoms. The van der Waals surface area contributed by atoms with Gasteiger partial charge in [0.2, 0.25) is 11.8 Å². The molecule has 1 fully saturated rings. The number of rotatable bonds is 5. The summed E-state index contributed by atoms with van der Waals surface area (Å²) in [5, 5.41) is 17.9. The Morgan fingerprint density at radius 2 is 1.36 bits per heavy atom. The molecule has 1 aliphatic carbocycles. The summed E-state index contributed by atoms with van der Waals surface area (Å²) in [5.41, 5.74) is 3.47. The Morgan fingerprint density at radius 3 is 1.90 bits per heavy atom. The molecule has 0 heterocycles. The maximum atomic E-state index is 13.9. The van der Waals surface area contributed by atoms with Gasteiger partial charge in [0.25, 0.3) is 0 Å². The minimum Gasteiger partial charge on any atom is -0.389 e. The molecule has 8 heteroatoms. The Morgan fingerprint density at radius 1 is 0.821 bits per heavy atom. The fourth-order valence-corrected chi connectivity index (χ4v) is 5.68. The van der Waals surface area contributed by atoms with Crippen LogP contribution in [0.15, 0.2) is 54.6 Å². The lowest BCUT2D eigenvalue weighted by Gasteiger charge is -2.44. The third-order valence-corrected chi connectivity index (χ3v) is 8.20. The third-order valence-electron chi connectivity index (χ3n) is 7.46. The minimum absolute atomic E-state index is 0.217. The molecule has 39 heavy (non-hydrogen) atoms. The van der Waals surface area contributed by atoms with Gasteiger partial charge in [-0.15, -0.1) is 0 Å². The number of halogens is 2. The van der Waals surface area contributed by atoms with Crippen LogP contribution in [0.2, 0.25) is 10.0 Å². The van der Waals surface area contributed by atoms with Crippen LogP contribution in [0.5, 0.6) is 0 Å². The van der Waals surface area contributed by atoms with Crippen molar-refractivity contribution >= 4 is 52.2 Å². The molecule has 204 valence electrons. The summed E-state index contributed by atoms with van der Waals surface area (Å²) in [4.78, 5) is 41.3. The molecule has 3 N–H and O–H groups in total. The topological polar surface area (TPSA) is 95.5 Å². The average Bonchev–Trinajstić information content (AvgIpc) is 2.84. The molecule has 6 nitrogen and oxygen atoms in total. The number of ketones is 1. The molecule has 0 bridgehead atoms. The molecule has 4 unspecified atom stereocenters. The molecule has 1 saturated carbocycles. The molecule has 4 rings (SSSR count). The van der Waals surface area contributed by atoms with Crippen molar-refractivity contribution in [1.82, 2.24) is 0 Å². The van der Waals surface area contributed by atoms with E-state index in [9.17, 15) is 19.5 Å². The van der Waals surface area contributed by atoms with Crippen molar-refractivity contribution in [2.75, 3.05) is 10.6 Å². The number of hydrogen-bond donors (Lipinski definition) is 3. The van der Waals surface area contributed by atoms with Crippen LogP contribution < -0.4 is 10.6 Å². The lowest BCUT2D eigenvalue weighted by Crippen LogP contribution is -2.56. The minimum atomic E-state index is -1.73. The van der Waals surface area contributed by atoms with Crippen LogP contribution in [0.4, 0.5) is 11.4 Å². The number of benzene rings is 3. The van der Waals surface area contributed by atoms with Crippen molar-refractivity contribution in [3.8, 4) is 0 Å². The van der Waals surface area contributed by atoms with Crippen LogP contribution in [0, 0.1) is 39.5 Å². The zero-order valence-electron chi connectivity index (χ0n) is 22.6. The summed E-state index contributed by atoms with van der Waals surface area (Å²) >= 11 is 12.5. The lowest BCUT2D eigenvalue weighted by molar-refractivity contribution is -0.150. The van der Waals surface area contributed by atoms with E-state index in [0.29, 0.717) is 22.0 Å². The van der Waals surface area contributed by atoms with Gasteiger partial charge in [-0.3, -0.25) is 14.4 Å². The van der Waals surface area contributed by atoms with Crippen LogP contribution >= 0.6 is 23.2 Å². The lowest BCUT2D eigenvalue weighted by atomic mass is 9.61. The van der Waals surface area contributed by atoms with Gasteiger partial charge in [-0.25, -0.2) is 0 Å².